The fourth-order valence-corrected chi connectivity index (χ4v) is 5.04. The minimum atomic E-state index is -0.470. The number of carbonyl (C=O) groups is 3. The van der Waals surface area contributed by atoms with E-state index in [0.717, 1.165) is 82.5 Å². The van der Waals surface area contributed by atoms with Gasteiger partial charge in [-0.2, -0.15) is 0 Å². The monoisotopic (exact) mass is 558 g/mol. The Morgan fingerprint density at radius 2 is 1.18 bits per heavy atom. The van der Waals surface area contributed by atoms with Gasteiger partial charge in [0.2, 0.25) is 0 Å². The van der Waals surface area contributed by atoms with E-state index in [0.29, 0.717) is 12.4 Å². The first-order chi connectivity index (χ1) is 18.3. The van der Waals surface area contributed by atoms with E-state index in [1.165, 1.54) is 43.4 Å². The fourth-order valence-electron chi connectivity index (χ4n) is 4.10. The van der Waals surface area contributed by atoms with Crippen LogP contribution in [0, 0.1) is 0 Å². The van der Waals surface area contributed by atoms with Crippen LogP contribution in [0.4, 0.5) is 4.79 Å². The SMILES string of the molecule is CCCCCCCOC(=O)CN(CC(=O)OC(CCCCCC)CCCCCCC)C(=O)SCCN(C)C. The number of unbranched alkanes of at least 4 members (excludes halogenated alkanes) is 11. The Morgan fingerprint density at radius 3 is 1.74 bits per heavy atom. The molecule has 0 heterocycles. The summed E-state index contributed by atoms with van der Waals surface area (Å²) in [4.78, 5) is 41.6. The first kappa shape index (κ1) is 36.7. The van der Waals surface area contributed by atoms with Gasteiger partial charge in [0.05, 0.1) is 6.61 Å². The Kier molecular flexibility index (Phi) is 25.1. The largest absolute Gasteiger partial charge is 0.464 e. The lowest BCUT2D eigenvalue weighted by Gasteiger charge is -2.23. The third kappa shape index (κ3) is 22.7. The number of amides is 1. The van der Waals surface area contributed by atoms with Crippen LogP contribution in [0.3, 0.4) is 0 Å². The van der Waals surface area contributed by atoms with Gasteiger partial charge in [-0.15, -0.1) is 0 Å². The second-order valence-corrected chi connectivity index (χ2v) is 11.6. The molecule has 1 amide bonds. The maximum atomic E-state index is 12.9. The molecular weight excluding hydrogens is 500 g/mol. The number of hydrogen-bond acceptors (Lipinski definition) is 7. The lowest BCUT2D eigenvalue weighted by atomic mass is 10.0. The molecule has 0 bridgehead atoms. The van der Waals surface area contributed by atoms with Crippen LogP contribution < -0.4 is 0 Å². The van der Waals surface area contributed by atoms with Gasteiger partial charge < -0.3 is 19.3 Å². The maximum Gasteiger partial charge on any atom is 0.325 e. The molecule has 0 aliphatic rings. The second kappa shape index (κ2) is 26.0. The third-order valence-corrected chi connectivity index (χ3v) is 7.37. The smallest absolute Gasteiger partial charge is 0.325 e. The van der Waals surface area contributed by atoms with Crippen molar-refractivity contribution in [1.82, 2.24) is 9.80 Å². The van der Waals surface area contributed by atoms with E-state index in [2.05, 4.69) is 20.8 Å². The number of carbonyl (C=O) groups excluding carboxylic acids is 3. The molecule has 0 rings (SSSR count). The van der Waals surface area contributed by atoms with Gasteiger partial charge in [-0.25, -0.2) is 0 Å². The topological polar surface area (TPSA) is 76.1 Å². The van der Waals surface area contributed by atoms with Crippen molar-refractivity contribution in [2.24, 2.45) is 0 Å². The van der Waals surface area contributed by atoms with Gasteiger partial charge >= 0.3 is 11.9 Å². The Bertz CT molecular complexity index is 603. The van der Waals surface area contributed by atoms with Gasteiger partial charge in [-0.3, -0.25) is 14.4 Å². The Balaban J connectivity index is 4.95. The lowest BCUT2D eigenvalue weighted by Crippen LogP contribution is -2.40. The average Bonchev–Trinajstić information content (AvgIpc) is 2.87. The zero-order valence-electron chi connectivity index (χ0n) is 25.3. The van der Waals surface area contributed by atoms with Crippen LogP contribution >= 0.6 is 11.8 Å². The van der Waals surface area contributed by atoms with Gasteiger partial charge in [0, 0.05) is 12.3 Å². The summed E-state index contributed by atoms with van der Waals surface area (Å²) in [6.45, 7) is 7.18. The molecule has 8 heteroatoms. The van der Waals surface area contributed by atoms with E-state index < -0.39 is 11.9 Å². The molecule has 1 unspecified atom stereocenters. The Morgan fingerprint density at radius 1 is 0.684 bits per heavy atom. The molecule has 1 atom stereocenters. The van der Waals surface area contributed by atoms with Gasteiger partial charge in [0.25, 0.3) is 5.24 Å². The van der Waals surface area contributed by atoms with E-state index in [9.17, 15) is 14.4 Å². The van der Waals surface area contributed by atoms with Gasteiger partial charge in [0.15, 0.2) is 0 Å². The second-order valence-electron chi connectivity index (χ2n) is 10.6. The number of rotatable bonds is 25. The standard InChI is InChI=1S/C30H58N2O5S/c1-6-9-12-15-18-21-27(20-17-14-11-8-3)37-29(34)26-32(30(35)38-24-22-31(4)5)25-28(33)36-23-19-16-13-10-7-2/h27H,6-26H2,1-5H3. The zero-order chi connectivity index (χ0) is 28.4. The summed E-state index contributed by atoms with van der Waals surface area (Å²) >= 11 is 1.12. The Hall–Kier alpha value is -1.28. The summed E-state index contributed by atoms with van der Waals surface area (Å²) in [5.41, 5.74) is 0. The van der Waals surface area contributed by atoms with Crippen LogP contribution in [0.2, 0.25) is 0 Å². The van der Waals surface area contributed by atoms with Gasteiger partial charge in [-0.05, 0) is 46.2 Å². The molecule has 0 aliphatic heterocycles. The highest BCUT2D eigenvalue weighted by Crippen LogP contribution is 2.17. The van der Waals surface area contributed by atoms with Crippen molar-refractivity contribution in [1.29, 1.82) is 0 Å². The highest BCUT2D eigenvalue weighted by molar-refractivity contribution is 8.13. The number of hydrogen-bond donors (Lipinski definition) is 0. The predicted molar refractivity (Wildman–Crippen MR) is 160 cm³/mol. The summed E-state index contributed by atoms with van der Waals surface area (Å²) in [5.74, 6) is -0.323. The summed E-state index contributed by atoms with van der Waals surface area (Å²) in [5, 5.41) is -0.289. The molecule has 0 aromatic rings. The number of thioether (sulfide) groups is 1. The van der Waals surface area contributed by atoms with Crippen molar-refractivity contribution in [3.8, 4) is 0 Å². The van der Waals surface area contributed by atoms with E-state index in [1.54, 1.807) is 0 Å². The normalized spacial score (nSPS) is 11.9. The molecule has 38 heavy (non-hydrogen) atoms. The van der Waals surface area contributed by atoms with Gasteiger partial charge in [-0.1, -0.05) is 103 Å². The lowest BCUT2D eigenvalue weighted by molar-refractivity contribution is -0.151. The van der Waals surface area contributed by atoms with Crippen molar-refractivity contribution in [3.05, 3.63) is 0 Å². The molecular formula is C30H58N2O5S. The van der Waals surface area contributed by atoms with Crippen molar-refractivity contribution >= 4 is 28.9 Å². The molecule has 7 nitrogen and oxygen atoms in total. The fraction of sp³-hybridized carbons (Fsp3) is 0.900. The van der Waals surface area contributed by atoms with Crippen LogP contribution in [0.1, 0.15) is 124 Å². The van der Waals surface area contributed by atoms with Crippen LogP contribution in [-0.4, -0.2) is 79.2 Å². The molecule has 224 valence electrons. The molecule has 0 N–H and O–H groups in total. The third-order valence-electron chi connectivity index (χ3n) is 6.48. The van der Waals surface area contributed by atoms with E-state index in [1.807, 2.05) is 19.0 Å². The minimum absolute atomic E-state index is 0.130. The molecule has 0 aromatic carbocycles. The molecule has 0 aromatic heterocycles. The number of esters is 2. The van der Waals surface area contributed by atoms with E-state index in [4.69, 9.17) is 9.47 Å². The van der Waals surface area contributed by atoms with Crippen LogP contribution in [0.25, 0.3) is 0 Å². The molecule has 0 saturated heterocycles. The van der Waals surface area contributed by atoms with Crippen molar-refractivity contribution in [3.63, 3.8) is 0 Å². The summed E-state index contributed by atoms with van der Waals surface area (Å²) < 4.78 is 11.2. The molecule has 0 aliphatic carbocycles. The molecule has 0 spiro atoms. The Labute approximate surface area is 238 Å². The molecule has 0 radical (unpaired) electrons. The number of nitrogens with zero attached hydrogens (tertiary/aromatic N) is 2. The summed E-state index contributed by atoms with van der Waals surface area (Å²) in [7, 11) is 3.89. The van der Waals surface area contributed by atoms with E-state index >= 15 is 0 Å². The highest BCUT2D eigenvalue weighted by atomic mass is 32.2. The van der Waals surface area contributed by atoms with Crippen LogP contribution in [0.15, 0.2) is 0 Å². The minimum Gasteiger partial charge on any atom is -0.464 e. The van der Waals surface area contributed by atoms with Crippen LogP contribution in [-0.2, 0) is 19.1 Å². The first-order valence-corrected chi connectivity index (χ1v) is 16.2. The van der Waals surface area contributed by atoms with E-state index in [-0.39, 0.29) is 24.4 Å². The molecule has 0 fully saturated rings. The average molecular weight is 559 g/mol. The van der Waals surface area contributed by atoms with Gasteiger partial charge in [0.1, 0.15) is 19.2 Å². The number of ether oxygens (including phenoxy) is 2. The van der Waals surface area contributed by atoms with Crippen LogP contribution in [0.5, 0.6) is 0 Å². The zero-order valence-corrected chi connectivity index (χ0v) is 26.1. The van der Waals surface area contributed by atoms with Crippen molar-refractivity contribution < 1.29 is 23.9 Å². The maximum absolute atomic E-state index is 12.9. The highest BCUT2D eigenvalue weighted by Gasteiger charge is 2.24. The van der Waals surface area contributed by atoms with Crippen molar-refractivity contribution in [2.75, 3.05) is 46.1 Å². The quantitative estimate of drug-likeness (QED) is 0.0850. The molecule has 0 saturated carbocycles. The van der Waals surface area contributed by atoms with Crippen molar-refractivity contribution in [2.45, 2.75) is 130 Å². The first-order valence-electron chi connectivity index (χ1n) is 15.2. The predicted octanol–water partition coefficient (Wildman–Crippen LogP) is 7.46. The summed E-state index contributed by atoms with van der Waals surface area (Å²) in [6, 6.07) is 0. The summed E-state index contributed by atoms with van der Waals surface area (Å²) in [6.07, 6.45) is 17.2.